The molecule has 2 aromatic heterocycles. The molecular weight excluding hydrogens is 776 g/mol. The summed E-state index contributed by atoms with van der Waals surface area (Å²) in [7, 11) is 0. The van der Waals surface area contributed by atoms with Crippen LogP contribution in [-0.4, -0.2) is 127 Å². The van der Waals surface area contributed by atoms with Gasteiger partial charge in [0, 0.05) is 51.3 Å². The highest BCUT2D eigenvalue weighted by atomic mass is 19.4. The molecule has 54 heavy (non-hydrogen) atoms. The van der Waals surface area contributed by atoms with Gasteiger partial charge in [-0.25, -0.2) is 19.2 Å². The van der Waals surface area contributed by atoms with E-state index < -0.39 is 48.6 Å². The van der Waals surface area contributed by atoms with Crippen LogP contribution in [0.4, 0.5) is 52.7 Å². The van der Waals surface area contributed by atoms with Crippen LogP contribution >= 0.6 is 0 Å². The Bertz CT molecular complexity index is 1350. The first kappa shape index (κ1) is 49.2. The molecule has 2 fully saturated rings. The SMILES string of the molecule is O=C(O)C(F)(F)F.O=C(O)C(F)(F)F.O=C(O)C(F)(F)F.O=C(O)C(F)(F)F.c1ccc(CN2CCCC3(CC2)CN(Cc2cccnc2)CCO3)nc1. The lowest BCUT2D eigenvalue weighted by molar-refractivity contribution is -0.193. The molecule has 1 spiro atoms. The van der Waals surface area contributed by atoms with Crippen molar-refractivity contribution in [2.45, 2.75) is 62.7 Å². The summed E-state index contributed by atoms with van der Waals surface area (Å²) >= 11 is 0. The van der Waals surface area contributed by atoms with Gasteiger partial charge in [-0.05, 0) is 49.6 Å². The summed E-state index contributed by atoms with van der Waals surface area (Å²) in [6.07, 6.45) is -11.2. The van der Waals surface area contributed by atoms with E-state index in [-0.39, 0.29) is 5.60 Å². The maximum Gasteiger partial charge on any atom is 0.490 e. The number of halogens is 12. The lowest BCUT2D eigenvalue weighted by Crippen LogP contribution is -2.51. The smallest absolute Gasteiger partial charge is 0.475 e. The molecule has 4 N–H and O–H groups in total. The highest BCUT2D eigenvalue weighted by Gasteiger charge is 2.41. The molecular formula is C29H32F12N4O9. The molecule has 0 aliphatic carbocycles. The maximum absolute atomic E-state index is 10.6. The molecule has 306 valence electrons. The number of likely N-dealkylation sites (tertiary alicyclic amines) is 1. The quantitative estimate of drug-likeness (QED) is 0.293. The van der Waals surface area contributed by atoms with Gasteiger partial charge in [0.1, 0.15) is 0 Å². The van der Waals surface area contributed by atoms with E-state index in [1.807, 2.05) is 30.7 Å². The number of hydrogen-bond donors (Lipinski definition) is 4. The second-order valence-electron chi connectivity index (χ2n) is 10.8. The molecule has 0 radical (unpaired) electrons. The summed E-state index contributed by atoms with van der Waals surface area (Å²) in [6, 6.07) is 10.4. The van der Waals surface area contributed by atoms with E-state index in [2.05, 4.69) is 38.0 Å². The van der Waals surface area contributed by atoms with Crippen LogP contribution in [0.1, 0.15) is 30.5 Å². The lowest BCUT2D eigenvalue weighted by Gasteiger charge is -2.42. The number of aromatic nitrogens is 2. The van der Waals surface area contributed by atoms with E-state index >= 15 is 0 Å². The Kier molecular flexibility index (Phi) is 19.9. The molecule has 0 aromatic carbocycles. The molecule has 2 saturated heterocycles. The Morgan fingerprint density at radius 3 is 1.56 bits per heavy atom. The van der Waals surface area contributed by atoms with E-state index in [0.717, 1.165) is 64.4 Å². The zero-order valence-electron chi connectivity index (χ0n) is 27.3. The molecule has 0 bridgehead atoms. The minimum atomic E-state index is -5.08. The number of aliphatic carboxylic acids is 4. The first-order chi connectivity index (χ1) is 24.6. The molecule has 0 amide bonds. The molecule has 2 aromatic rings. The van der Waals surface area contributed by atoms with Gasteiger partial charge in [-0.1, -0.05) is 12.1 Å². The van der Waals surface area contributed by atoms with Gasteiger partial charge >= 0.3 is 48.6 Å². The van der Waals surface area contributed by atoms with Gasteiger partial charge in [-0.2, -0.15) is 52.7 Å². The zero-order chi connectivity index (χ0) is 42.0. The third-order valence-electron chi connectivity index (χ3n) is 6.53. The van der Waals surface area contributed by atoms with Crippen molar-refractivity contribution in [1.82, 2.24) is 19.8 Å². The first-order valence-electron chi connectivity index (χ1n) is 14.7. The van der Waals surface area contributed by atoms with Crippen molar-refractivity contribution in [2.24, 2.45) is 0 Å². The van der Waals surface area contributed by atoms with Crippen molar-refractivity contribution in [1.29, 1.82) is 0 Å². The molecule has 2 aliphatic rings. The van der Waals surface area contributed by atoms with Gasteiger partial charge in [-0.15, -0.1) is 0 Å². The first-order valence-corrected chi connectivity index (χ1v) is 14.7. The van der Waals surface area contributed by atoms with Crippen LogP contribution in [0.2, 0.25) is 0 Å². The normalized spacial score (nSPS) is 18.0. The molecule has 2 aliphatic heterocycles. The fourth-order valence-electron chi connectivity index (χ4n) is 4.21. The number of carbonyl (C=O) groups is 4. The summed E-state index contributed by atoms with van der Waals surface area (Å²) in [6.45, 7) is 6.99. The topological polar surface area (TPSA) is 191 Å². The largest absolute Gasteiger partial charge is 0.490 e. The molecule has 4 rings (SSSR count). The van der Waals surface area contributed by atoms with Gasteiger partial charge < -0.3 is 25.2 Å². The molecule has 13 nitrogen and oxygen atoms in total. The van der Waals surface area contributed by atoms with E-state index in [0.29, 0.717) is 0 Å². The van der Waals surface area contributed by atoms with Gasteiger partial charge in [-0.3, -0.25) is 19.8 Å². The van der Waals surface area contributed by atoms with Crippen molar-refractivity contribution in [3.8, 4) is 0 Å². The Balaban J connectivity index is 0.000000820. The number of nitrogens with zero attached hydrogens (tertiary/aromatic N) is 4. The van der Waals surface area contributed by atoms with E-state index in [1.165, 1.54) is 12.0 Å². The number of morpholine rings is 1. The zero-order valence-corrected chi connectivity index (χ0v) is 27.3. The average molecular weight is 809 g/mol. The van der Waals surface area contributed by atoms with E-state index in [9.17, 15) is 52.7 Å². The molecule has 25 heteroatoms. The van der Waals surface area contributed by atoms with Crippen LogP contribution in [0, 0.1) is 0 Å². The number of hydrogen-bond acceptors (Lipinski definition) is 9. The fraction of sp³-hybridized carbons (Fsp3) is 0.517. The molecule has 0 saturated carbocycles. The number of carboxylic acid groups (broad SMARTS) is 4. The lowest BCUT2D eigenvalue weighted by atomic mass is 9.92. The summed E-state index contributed by atoms with van der Waals surface area (Å²) in [5.41, 5.74) is 2.46. The molecule has 1 atom stereocenters. The Morgan fingerprint density at radius 1 is 0.648 bits per heavy atom. The minimum absolute atomic E-state index is 0.0132. The Morgan fingerprint density at radius 2 is 1.15 bits per heavy atom. The van der Waals surface area contributed by atoms with Gasteiger partial charge in [0.15, 0.2) is 0 Å². The summed E-state index contributed by atoms with van der Waals surface area (Å²) in [5, 5.41) is 28.5. The second-order valence-corrected chi connectivity index (χ2v) is 10.8. The molecule has 1 unspecified atom stereocenters. The number of rotatable bonds is 4. The van der Waals surface area contributed by atoms with Crippen molar-refractivity contribution in [3.05, 3.63) is 60.2 Å². The minimum Gasteiger partial charge on any atom is -0.475 e. The van der Waals surface area contributed by atoms with Crippen molar-refractivity contribution < 1.29 is 97.0 Å². The van der Waals surface area contributed by atoms with Crippen LogP contribution in [-0.2, 0) is 37.0 Å². The van der Waals surface area contributed by atoms with Gasteiger partial charge in [0.2, 0.25) is 0 Å². The number of pyridine rings is 2. The van der Waals surface area contributed by atoms with Crippen LogP contribution in [0.5, 0.6) is 0 Å². The number of carboxylic acids is 4. The van der Waals surface area contributed by atoms with E-state index in [1.54, 1.807) is 0 Å². The highest BCUT2D eigenvalue weighted by Crippen LogP contribution is 2.31. The number of ether oxygens (including phenoxy) is 1. The van der Waals surface area contributed by atoms with Crippen molar-refractivity contribution >= 4 is 23.9 Å². The molecule has 4 heterocycles. The maximum atomic E-state index is 10.6. The Hall–Kier alpha value is -4.78. The standard InChI is InChI=1S/C21H28N4O.4C2HF3O2/c1-2-10-23-20(6-1)17-24-11-4-7-21(8-12-24)18-25(13-14-26-21)16-19-5-3-9-22-15-19;4*3-2(4,5)1(6)7/h1-3,5-6,9-10,15H,4,7-8,11-14,16-18H2;4*(H,6,7). The summed E-state index contributed by atoms with van der Waals surface area (Å²) in [4.78, 5) is 49.4. The van der Waals surface area contributed by atoms with Crippen LogP contribution in [0.15, 0.2) is 48.9 Å². The second kappa shape index (κ2) is 21.8. The third kappa shape index (κ3) is 21.7. The monoisotopic (exact) mass is 808 g/mol. The van der Waals surface area contributed by atoms with Crippen LogP contribution < -0.4 is 0 Å². The van der Waals surface area contributed by atoms with Gasteiger partial charge in [0.05, 0.1) is 17.9 Å². The van der Waals surface area contributed by atoms with Crippen LogP contribution in [0.25, 0.3) is 0 Å². The van der Waals surface area contributed by atoms with Crippen LogP contribution in [0.3, 0.4) is 0 Å². The van der Waals surface area contributed by atoms with Gasteiger partial charge in [0.25, 0.3) is 0 Å². The predicted molar refractivity (Wildman–Crippen MR) is 156 cm³/mol. The predicted octanol–water partition coefficient (Wildman–Crippen LogP) is 5.27. The highest BCUT2D eigenvalue weighted by molar-refractivity contribution is 5.74. The summed E-state index contributed by atoms with van der Waals surface area (Å²) < 4.78 is 133. The average Bonchev–Trinajstić information content (AvgIpc) is 3.23. The fourth-order valence-corrected chi connectivity index (χ4v) is 4.21. The van der Waals surface area contributed by atoms with E-state index in [4.69, 9.17) is 44.3 Å². The third-order valence-corrected chi connectivity index (χ3v) is 6.53. The Labute approximate surface area is 296 Å². The van der Waals surface area contributed by atoms with Crippen molar-refractivity contribution in [3.63, 3.8) is 0 Å². The summed E-state index contributed by atoms with van der Waals surface area (Å²) in [5.74, 6) is -11.0. The number of alkyl halides is 12. The van der Waals surface area contributed by atoms with Crippen molar-refractivity contribution in [2.75, 3.05) is 32.8 Å².